The highest BCUT2D eigenvalue weighted by atomic mass is 16.6. The van der Waals surface area contributed by atoms with Crippen LogP contribution in [0.15, 0.2) is 24.4 Å². The SMILES string of the molecule is C=C([C@@H](C)NC(=O)[C@H](C)NC(=O)[C@H](CC(C)C)N(C)C(=O)[C@@H](NC(=O)[C@H](CC(C)C)N(C)C(=O)CN(C)C(=O)CCC)C(C)C)N(C)[C@@H](CC(C)C)C(=O)N(C)[C@@H](CC(C)C)C(=O)N(C)[C@@H](C(=O)N(C)C(C(N)=O)[C@H](OC(=O)COCCOCCOC)C(C)C/C=C/C)C(C)C. The topological polar surface area (TPSA) is 309 Å². The van der Waals surface area contributed by atoms with Gasteiger partial charge in [-0.3, -0.25) is 47.9 Å². The standard InChI is InChI=1S/C70H127N11O15/c1-27-29-31-48(15)62(96-58(84)41-95-35-34-94-33-32-93-26)61(63(71)85)81(25)70(92)60(47(13)14)80(24)68(90)55(39-45(9)10)79(23)67(89)54(38-44(7)8)76(20)51(18)49(16)72-64(86)50(17)73-65(87)53(37-43(5)6)78(22)69(91)59(46(11)12)74-66(88)52(36-42(3)4)77(21)57(83)40-75(19)56(82)30-28-2/h27,29,42-50,52-55,59-62H,18,28,30-41H2,1-17,19-26H3,(H2,71,85)(H,72,86)(H,73,87)(H,74,88)/b29-27+/t48?,49-,50+,52+,53+,54+,55+,59+,60-,61?,62-/m1/s1. The number of carbonyl (C=O) groups is 11. The number of likely N-dealkylation sites (N-methyl/N-ethyl adjacent to an activating group) is 7. The number of rotatable bonds is 46. The van der Waals surface area contributed by atoms with E-state index in [4.69, 9.17) is 24.7 Å². The molecule has 0 bridgehead atoms. The van der Waals surface area contributed by atoms with Gasteiger partial charge in [-0.15, -0.1) is 0 Å². The largest absolute Gasteiger partial charge is 0.458 e. The van der Waals surface area contributed by atoms with E-state index in [1.54, 1.807) is 66.7 Å². The van der Waals surface area contributed by atoms with Gasteiger partial charge in [-0.25, -0.2) is 4.79 Å². The summed E-state index contributed by atoms with van der Waals surface area (Å²) >= 11 is 0. The summed E-state index contributed by atoms with van der Waals surface area (Å²) in [6, 6.07) is -9.79. The predicted octanol–water partition coefficient (Wildman–Crippen LogP) is 4.86. The van der Waals surface area contributed by atoms with Crippen molar-refractivity contribution in [2.24, 2.45) is 47.2 Å². The van der Waals surface area contributed by atoms with Crippen molar-refractivity contribution in [2.45, 2.75) is 223 Å². The van der Waals surface area contributed by atoms with Crippen LogP contribution in [0.3, 0.4) is 0 Å². The van der Waals surface area contributed by atoms with Crippen molar-refractivity contribution >= 4 is 65.0 Å². The van der Waals surface area contributed by atoms with Crippen LogP contribution < -0.4 is 21.7 Å². The molecule has 26 nitrogen and oxygen atoms in total. The highest BCUT2D eigenvalue weighted by Gasteiger charge is 2.45. The lowest BCUT2D eigenvalue weighted by Crippen LogP contribution is -2.62. The molecule has 0 fully saturated rings. The lowest BCUT2D eigenvalue weighted by molar-refractivity contribution is -0.167. The van der Waals surface area contributed by atoms with Crippen LogP contribution in [0.25, 0.3) is 0 Å². The Morgan fingerprint density at radius 1 is 0.500 bits per heavy atom. The molecule has 96 heavy (non-hydrogen) atoms. The first-order valence-corrected chi connectivity index (χ1v) is 34.2. The van der Waals surface area contributed by atoms with Gasteiger partial charge in [-0.2, -0.15) is 0 Å². The first-order valence-electron chi connectivity index (χ1n) is 34.2. The minimum absolute atomic E-state index is 0.0280. The summed E-state index contributed by atoms with van der Waals surface area (Å²) in [5.74, 6) is -8.17. The molecule has 2 unspecified atom stereocenters. The van der Waals surface area contributed by atoms with Gasteiger partial charge in [0.05, 0.1) is 39.0 Å². The van der Waals surface area contributed by atoms with Gasteiger partial charge in [0.2, 0.25) is 59.1 Å². The maximum Gasteiger partial charge on any atom is 0.332 e. The number of allylic oxidation sites excluding steroid dienone is 2. The number of primary amides is 1. The van der Waals surface area contributed by atoms with Crippen LogP contribution in [-0.4, -0.2) is 256 Å². The van der Waals surface area contributed by atoms with Crippen molar-refractivity contribution in [1.82, 2.24) is 50.2 Å². The van der Waals surface area contributed by atoms with Crippen molar-refractivity contribution in [2.75, 3.05) is 96.0 Å². The van der Waals surface area contributed by atoms with Gasteiger partial charge in [-0.1, -0.05) is 116 Å². The Morgan fingerprint density at radius 2 is 0.948 bits per heavy atom. The molecule has 0 aromatic carbocycles. The molecule has 0 aromatic rings. The second kappa shape index (κ2) is 44.3. The fourth-order valence-electron chi connectivity index (χ4n) is 11.2. The summed E-state index contributed by atoms with van der Waals surface area (Å²) in [5, 5.41) is 8.59. The number of amides is 10. The van der Waals surface area contributed by atoms with Crippen LogP contribution in [0, 0.1) is 41.4 Å². The van der Waals surface area contributed by atoms with E-state index in [9.17, 15) is 43.2 Å². The predicted molar refractivity (Wildman–Crippen MR) is 372 cm³/mol. The minimum atomic E-state index is -1.47. The van der Waals surface area contributed by atoms with Crippen LogP contribution in [-0.2, 0) is 71.7 Å². The Bertz CT molecular complexity index is 2540. The van der Waals surface area contributed by atoms with Crippen LogP contribution in [0.2, 0.25) is 0 Å². The van der Waals surface area contributed by atoms with Crippen molar-refractivity contribution in [3.8, 4) is 0 Å². The van der Waals surface area contributed by atoms with E-state index in [1.807, 2.05) is 75.3 Å². The number of nitrogens with two attached hydrogens (primary N) is 1. The summed E-state index contributed by atoms with van der Waals surface area (Å²) in [7, 11) is 12.1. The highest BCUT2D eigenvalue weighted by Crippen LogP contribution is 2.27. The smallest absolute Gasteiger partial charge is 0.332 e. The first kappa shape index (κ1) is 89.3. The normalized spacial score (nSPS) is 15.2. The summed E-state index contributed by atoms with van der Waals surface area (Å²) in [4.78, 5) is 165. The Morgan fingerprint density at radius 3 is 1.43 bits per heavy atom. The van der Waals surface area contributed by atoms with Gasteiger partial charge in [0.25, 0.3) is 0 Å². The number of nitrogens with zero attached hydrogens (tertiary/aromatic N) is 7. The summed E-state index contributed by atoms with van der Waals surface area (Å²) in [5.41, 5.74) is 6.40. The van der Waals surface area contributed by atoms with Crippen LogP contribution >= 0.6 is 0 Å². The fourth-order valence-corrected chi connectivity index (χ4v) is 11.2. The highest BCUT2D eigenvalue weighted by molar-refractivity contribution is 5.97. The van der Waals surface area contributed by atoms with Gasteiger partial charge < -0.3 is 74.9 Å². The third-order valence-corrected chi connectivity index (χ3v) is 17.1. The Labute approximate surface area is 575 Å². The Balaban J connectivity index is 6.86. The molecule has 11 atom stereocenters. The van der Waals surface area contributed by atoms with Crippen LogP contribution in [0.5, 0.6) is 0 Å². The molecule has 0 saturated heterocycles. The molecule has 26 heteroatoms. The number of ether oxygens (including phenoxy) is 4. The molecule has 0 aliphatic heterocycles. The molecule has 0 aliphatic carbocycles. The van der Waals surface area contributed by atoms with Crippen molar-refractivity contribution < 1.29 is 71.7 Å². The van der Waals surface area contributed by atoms with E-state index in [-0.39, 0.29) is 75.0 Å². The van der Waals surface area contributed by atoms with E-state index >= 15 is 9.59 Å². The molecule has 0 heterocycles. The maximum atomic E-state index is 15.1. The van der Waals surface area contributed by atoms with Crippen LogP contribution in [0.1, 0.15) is 163 Å². The molecular weight excluding hydrogens is 1230 g/mol. The third kappa shape index (κ3) is 29.2. The maximum absolute atomic E-state index is 15.1. The summed E-state index contributed by atoms with van der Waals surface area (Å²) in [6.07, 6.45) is 4.63. The average Bonchev–Trinajstić information content (AvgIpc) is 0.810. The van der Waals surface area contributed by atoms with Crippen molar-refractivity contribution in [1.29, 1.82) is 0 Å². The zero-order valence-corrected chi connectivity index (χ0v) is 63.2. The zero-order valence-electron chi connectivity index (χ0n) is 63.2. The molecule has 0 radical (unpaired) electrons. The van der Waals surface area contributed by atoms with Gasteiger partial charge in [0.1, 0.15) is 61.0 Å². The number of carbonyl (C=O) groups excluding carboxylic acids is 11. The molecule has 0 rings (SSSR count). The molecule has 0 saturated carbocycles. The summed E-state index contributed by atoms with van der Waals surface area (Å²) < 4.78 is 21.8. The average molecular weight is 1360 g/mol. The molecule has 0 spiro atoms. The number of hydrogen-bond acceptors (Lipinski definition) is 16. The van der Waals surface area contributed by atoms with Gasteiger partial charge in [-0.05, 0) is 101 Å². The first-order chi connectivity index (χ1) is 44.6. The van der Waals surface area contributed by atoms with E-state index in [0.717, 1.165) is 4.90 Å². The van der Waals surface area contributed by atoms with Gasteiger partial charge in [0.15, 0.2) is 0 Å². The lowest BCUT2D eigenvalue weighted by atomic mass is 9.91. The van der Waals surface area contributed by atoms with E-state index in [1.165, 1.54) is 73.7 Å². The Kier molecular flexibility index (Phi) is 41.2. The molecule has 10 amide bonds. The Hall–Kier alpha value is -6.67. The number of methoxy groups -OCH3 is 1. The number of nitrogens with one attached hydrogen (secondary N) is 3. The van der Waals surface area contributed by atoms with E-state index < -0.39 is 144 Å². The monoisotopic (exact) mass is 1360 g/mol. The molecule has 0 aliphatic rings. The van der Waals surface area contributed by atoms with Crippen molar-refractivity contribution in [3.05, 3.63) is 24.4 Å². The number of esters is 1. The lowest BCUT2D eigenvalue weighted by Gasteiger charge is -2.42. The molecule has 552 valence electrons. The quantitative estimate of drug-likeness (QED) is 0.0359. The van der Waals surface area contributed by atoms with Crippen molar-refractivity contribution in [3.63, 3.8) is 0 Å². The van der Waals surface area contributed by atoms with Gasteiger partial charge in [0, 0.05) is 68.6 Å². The molecular formula is C70H127N11O15. The number of hydrogen-bond donors (Lipinski definition) is 4. The fraction of sp³-hybridized carbons (Fsp3) is 0.786. The third-order valence-electron chi connectivity index (χ3n) is 17.1. The van der Waals surface area contributed by atoms with Gasteiger partial charge >= 0.3 is 5.97 Å². The minimum Gasteiger partial charge on any atom is -0.458 e. The van der Waals surface area contributed by atoms with E-state index in [0.29, 0.717) is 38.2 Å². The molecule has 0 aromatic heterocycles. The second-order valence-electron chi connectivity index (χ2n) is 28.1. The van der Waals surface area contributed by atoms with E-state index in [2.05, 4.69) is 22.5 Å². The summed E-state index contributed by atoms with van der Waals surface area (Å²) in [6.45, 7) is 35.6. The second-order valence-corrected chi connectivity index (χ2v) is 28.1. The van der Waals surface area contributed by atoms with Crippen LogP contribution in [0.4, 0.5) is 0 Å². The molecule has 5 N–H and O–H groups in total. The zero-order chi connectivity index (χ0) is 74.3.